The number of rotatable bonds is 17. The van der Waals surface area contributed by atoms with Gasteiger partial charge in [-0.2, -0.15) is 0 Å². The van der Waals surface area contributed by atoms with Crippen molar-refractivity contribution >= 4 is 6.09 Å². The lowest BCUT2D eigenvalue weighted by Crippen LogP contribution is -2.51. The van der Waals surface area contributed by atoms with Crippen LogP contribution in [-0.2, 0) is 4.74 Å². The van der Waals surface area contributed by atoms with Crippen molar-refractivity contribution in [2.45, 2.75) is 132 Å². The molecule has 6 nitrogen and oxygen atoms in total. The van der Waals surface area contributed by atoms with E-state index in [1.807, 2.05) is 0 Å². The van der Waals surface area contributed by atoms with E-state index in [4.69, 9.17) is 10.5 Å². The Labute approximate surface area is 284 Å². The van der Waals surface area contributed by atoms with E-state index in [0.717, 1.165) is 86.9 Å². The number of carbonyl (C=O) groups is 1. The Bertz CT molecular complexity index is 982. The molecule has 3 saturated carbocycles. The Morgan fingerprint density at radius 1 is 0.978 bits per heavy atom. The van der Waals surface area contributed by atoms with Crippen LogP contribution in [0.1, 0.15) is 126 Å². The zero-order valence-electron chi connectivity index (χ0n) is 31.3. The fourth-order valence-corrected chi connectivity index (χ4v) is 11.0. The lowest BCUT2D eigenvalue weighted by atomic mass is 9.47. The van der Waals surface area contributed by atoms with E-state index in [1.165, 1.54) is 51.4 Å². The highest BCUT2D eigenvalue weighted by Gasteiger charge is 2.59. The summed E-state index contributed by atoms with van der Waals surface area (Å²) in [7, 11) is 0. The van der Waals surface area contributed by atoms with Crippen molar-refractivity contribution in [1.29, 1.82) is 0 Å². The van der Waals surface area contributed by atoms with Gasteiger partial charge in [0.25, 0.3) is 0 Å². The number of allylic oxidation sites excluding steroid dienone is 1. The van der Waals surface area contributed by atoms with E-state index in [2.05, 4.69) is 72.1 Å². The first-order chi connectivity index (χ1) is 21.9. The molecule has 3 fully saturated rings. The highest BCUT2D eigenvalue weighted by atomic mass is 16.6. The summed E-state index contributed by atoms with van der Waals surface area (Å²) in [5, 5.41) is 6.91. The fraction of sp³-hybridized carbons (Fsp3) is 0.925. The van der Waals surface area contributed by atoms with Gasteiger partial charge in [0, 0.05) is 45.7 Å². The van der Waals surface area contributed by atoms with Crippen LogP contribution >= 0.6 is 0 Å². The van der Waals surface area contributed by atoms with Gasteiger partial charge in [-0.3, -0.25) is 0 Å². The standard InChI is InChI=1S/C40H74N4O2/c1-9-31(29(4)5)11-10-30(6)35-14-15-36-34-13-12-32-26-33(16-18-39(32,7)37(34)17-19-40(35,36)8)46-38(45)44(24-20-41)25-23-42-21-22-43-27-28(2)3/h12,28-31,33-37,42-43H,9-11,13-27,41H2,1-8H3/t30-,31-,33+,34+,35-,36+,37+,39+,40-/m1/s1. The topological polar surface area (TPSA) is 79.6 Å². The van der Waals surface area contributed by atoms with Crippen LogP contribution in [0.5, 0.6) is 0 Å². The second-order valence-electron chi connectivity index (χ2n) is 17.3. The molecule has 0 aromatic rings. The first-order valence-corrected chi connectivity index (χ1v) is 19.7. The molecule has 4 N–H and O–H groups in total. The molecule has 4 aliphatic rings. The summed E-state index contributed by atoms with van der Waals surface area (Å²) in [6.07, 6.45) is 16.5. The average Bonchev–Trinajstić information content (AvgIpc) is 3.37. The molecule has 0 spiro atoms. The first kappa shape index (κ1) is 37.7. The van der Waals surface area contributed by atoms with Crippen molar-refractivity contribution in [2.24, 2.45) is 63.9 Å². The Hall–Kier alpha value is -1.11. The largest absolute Gasteiger partial charge is 0.446 e. The van der Waals surface area contributed by atoms with Crippen LogP contribution < -0.4 is 16.4 Å². The van der Waals surface area contributed by atoms with Crippen molar-refractivity contribution in [1.82, 2.24) is 15.5 Å². The van der Waals surface area contributed by atoms with Gasteiger partial charge >= 0.3 is 6.09 Å². The molecule has 1 amide bonds. The fourth-order valence-electron chi connectivity index (χ4n) is 11.0. The Kier molecular flexibility index (Phi) is 13.9. The summed E-state index contributed by atoms with van der Waals surface area (Å²) < 4.78 is 6.20. The smallest absolute Gasteiger partial charge is 0.410 e. The van der Waals surface area contributed by atoms with Crippen LogP contribution in [0.3, 0.4) is 0 Å². The summed E-state index contributed by atoms with van der Waals surface area (Å²) in [6.45, 7) is 24.8. The first-order valence-electron chi connectivity index (χ1n) is 19.7. The molecule has 0 bridgehead atoms. The van der Waals surface area contributed by atoms with Gasteiger partial charge in [-0.05, 0) is 116 Å². The van der Waals surface area contributed by atoms with Gasteiger partial charge in [-0.15, -0.1) is 0 Å². The van der Waals surface area contributed by atoms with Crippen LogP contribution in [0.15, 0.2) is 11.6 Å². The minimum absolute atomic E-state index is 0.0137. The Morgan fingerprint density at radius 2 is 1.74 bits per heavy atom. The third kappa shape index (κ3) is 8.72. The predicted octanol–water partition coefficient (Wildman–Crippen LogP) is 8.27. The minimum Gasteiger partial charge on any atom is -0.446 e. The Balaban J connectivity index is 1.30. The van der Waals surface area contributed by atoms with E-state index < -0.39 is 0 Å². The number of amides is 1. The van der Waals surface area contributed by atoms with Crippen molar-refractivity contribution in [3.8, 4) is 0 Å². The molecule has 0 aliphatic heterocycles. The zero-order valence-corrected chi connectivity index (χ0v) is 31.3. The summed E-state index contributed by atoms with van der Waals surface area (Å²) >= 11 is 0. The van der Waals surface area contributed by atoms with Crippen molar-refractivity contribution in [2.75, 3.05) is 45.8 Å². The third-order valence-electron chi connectivity index (χ3n) is 13.8. The highest BCUT2D eigenvalue weighted by Crippen LogP contribution is 2.67. The molecule has 0 radical (unpaired) electrons. The van der Waals surface area contributed by atoms with Gasteiger partial charge < -0.3 is 26.0 Å². The number of nitrogens with one attached hydrogen (secondary N) is 2. The molecular weight excluding hydrogens is 568 g/mol. The van der Waals surface area contributed by atoms with Gasteiger partial charge in [0.2, 0.25) is 0 Å². The monoisotopic (exact) mass is 643 g/mol. The highest BCUT2D eigenvalue weighted by molar-refractivity contribution is 5.68. The number of ether oxygens (including phenoxy) is 1. The molecule has 0 aromatic carbocycles. The number of hydrogen-bond donors (Lipinski definition) is 3. The van der Waals surface area contributed by atoms with Gasteiger partial charge in [-0.1, -0.05) is 79.9 Å². The molecule has 4 aliphatic carbocycles. The quantitative estimate of drug-likeness (QED) is 0.110. The molecule has 0 unspecified atom stereocenters. The number of fused-ring (bicyclic) bond motifs is 5. The minimum atomic E-state index is -0.189. The van der Waals surface area contributed by atoms with E-state index in [-0.39, 0.29) is 17.6 Å². The summed E-state index contributed by atoms with van der Waals surface area (Å²) in [6, 6.07) is 0. The molecule has 0 aromatic heterocycles. The van der Waals surface area contributed by atoms with E-state index >= 15 is 0 Å². The summed E-state index contributed by atoms with van der Waals surface area (Å²) in [5.74, 6) is 6.58. The SMILES string of the molecule is CC[C@H](CC[C@@H](C)[C@H]1CC[C@H]2[C@@H]3CC=C4C[C@@H](OC(=O)N(CCN)CCNCCNCC(C)C)CC[C@]4(C)[C@H]3CC[C@]12C)C(C)C. The molecule has 4 rings (SSSR count). The maximum atomic E-state index is 13.3. The van der Waals surface area contributed by atoms with Crippen molar-refractivity contribution in [3.63, 3.8) is 0 Å². The average molecular weight is 643 g/mol. The van der Waals surface area contributed by atoms with Crippen LogP contribution in [-0.4, -0.2) is 62.9 Å². The second kappa shape index (κ2) is 17.0. The molecule has 46 heavy (non-hydrogen) atoms. The van der Waals surface area contributed by atoms with Crippen molar-refractivity contribution < 1.29 is 9.53 Å². The molecule has 9 atom stereocenters. The second-order valence-corrected chi connectivity index (χ2v) is 17.3. The maximum Gasteiger partial charge on any atom is 0.410 e. The van der Waals surface area contributed by atoms with Crippen LogP contribution in [0.4, 0.5) is 4.79 Å². The van der Waals surface area contributed by atoms with Gasteiger partial charge in [0.05, 0.1) is 0 Å². The van der Waals surface area contributed by atoms with Crippen LogP contribution in [0.2, 0.25) is 0 Å². The summed E-state index contributed by atoms with van der Waals surface area (Å²) in [5.41, 5.74) is 8.26. The lowest BCUT2D eigenvalue weighted by molar-refractivity contribution is -0.0595. The van der Waals surface area contributed by atoms with E-state index in [9.17, 15) is 4.79 Å². The summed E-state index contributed by atoms with van der Waals surface area (Å²) in [4.78, 5) is 15.1. The molecule has 266 valence electrons. The number of nitrogens with two attached hydrogens (primary N) is 1. The molecule has 0 heterocycles. The van der Waals surface area contributed by atoms with Gasteiger partial charge in [0.1, 0.15) is 6.10 Å². The molecule has 0 saturated heterocycles. The third-order valence-corrected chi connectivity index (χ3v) is 13.8. The lowest BCUT2D eigenvalue weighted by Gasteiger charge is -2.58. The maximum absolute atomic E-state index is 13.3. The normalized spacial score (nSPS) is 33.6. The van der Waals surface area contributed by atoms with Crippen molar-refractivity contribution in [3.05, 3.63) is 11.6 Å². The van der Waals surface area contributed by atoms with Crippen LogP contribution in [0.25, 0.3) is 0 Å². The molecule has 6 heteroatoms. The number of carbonyl (C=O) groups excluding carboxylic acids is 1. The number of nitrogens with zero attached hydrogens (tertiary/aromatic N) is 1. The van der Waals surface area contributed by atoms with E-state index in [1.54, 1.807) is 10.5 Å². The Morgan fingerprint density at radius 3 is 2.43 bits per heavy atom. The van der Waals surface area contributed by atoms with Crippen LogP contribution in [0, 0.1) is 58.2 Å². The molecular formula is C40H74N4O2. The zero-order chi connectivity index (χ0) is 33.5. The van der Waals surface area contributed by atoms with E-state index in [0.29, 0.717) is 31.0 Å². The van der Waals surface area contributed by atoms with Gasteiger partial charge in [0.15, 0.2) is 0 Å². The van der Waals surface area contributed by atoms with Gasteiger partial charge in [-0.25, -0.2) is 4.79 Å². The predicted molar refractivity (Wildman–Crippen MR) is 194 cm³/mol. The number of hydrogen-bond acceptors (Lipinski definition) is 5.